The van der Waals surface area contributed by atoms with Gasteiger partial charge < -0.3 is 24.8 Å². The van der Waals surface area contributed by atoms with Gasteiger partial charge in [0.1, 0.15) is 25.0 Å². The first-order valence-corrected chi connectivity index (χ1v) is 6.19. The molecule has 0 amide bonds. The molecule has 0 aliphatic heterocycles. The number of nitrogens with zero attached hydrogens (tertiary/aromatic N) is 3. The first kappa shape index (κ1) is 16.7. The van der Waals surface area contributed by atoms with Crippen molar-refractivity contribution in [2.75, 3.05) is 40.6 Å². The lowest BCUT2D eigenvalue weighted by molar-refractivity contribution is 0.132. The maximum Gasteiger partial charge on any atom is 0.163 e. The minimum absolute atomic E-state index is 0.288. The zero-order chi connectivity index (χ0) is 15.5. The molecule has 0 saturated heterocycles. The zero-order valence-electron chi connectivity index (χ0n) is 12.0. The van der Waals surface area contributed by atoms with E-state index in [1.165, 1.54) is 6.07 Å². The average molecular weight is 294 g/mol. The fourth-order valence-electron chi connectivity index (χ4n) is 1.48. The number of benzene rings is 1. The molecule has 1 aromatic carbocycles. The largest absolute Gasteiger partial charge is 0.487 e. The monoisotopic (exact) mass is 294 g/mol. The van der Waals surface area contributed by atoms with Crippen LogP contribution in [0, 0.1) is 11.3 Å². The number of hydrogen-bond acceptors (Lipinski definition) is 7. The van der Waals surface area contributed by atoms with E-state index < -0.39 is 0 Å². The summed E-state index contributed by atoms with van der Waals surface area (Å²) in [6.45, 7) is 1.51. The second-order valence-electron chi connectivity index (χ2n) is 3.83. The Labute approximate surface area is 123 Å². The summed E-state index contributed by atoms with van der Waals surface area (Å²) >= 11 is 0. The summed E-state index contributed by atoms with van der Waals surface area (Å²) in [5, 5.41) is 16.0. The molecule has 0 bridgehead atoms. The molecular weight excluding hydrogens is 276 g/mol. The van der Waals surface area contributed by atoms with Crippen molar-refractivity contribution >= 4 is 5.69 Å². The zero-order valence-corrected chi connectivity index (χ0v) is 12.0. The molecule has 0 saturated carbocycles. The number of nitrogens with two attached hydrogens (primary N) is 1. The fourth-order valence-corrected chi connectivity index (χ4v) is 1.48. The minimum atomic E-state index is 0.288. The van der Waals surface area contributed by atoms with Crippen LogP contribution in [0.3, 0.4) is 0 Å². The highest BCUT2D eigenvalue weighted by atomic mass is 16.5. The Kier molecular flexibility index (Phi) is 7.56. The van der Waals surface area contributed by atoms with Gasteiger partial charge in [-0.05, 0) is 0 Å². The van der Waals surface area contributed by atoms with E-state index in [1.54, 1.807) is 20.3 Å². The fraction of sp³-hybridized carbons (Fsp3) is 0.462. The molecule has 0 spiro atoms. The van der Waals surface area contributed by atoms with Crippen molar-refractivity contribution in [3.8, 4) is 17.6 Å². The minimum Gasteiger partial charge on any atom is -0.487 e. The summed E-state index contributed by atoms with van der Waals surface area (Å²) in [4.78, 5) is 0. The average Bonchev–Trinajstić information content (AvgIpc) is 2.49. The van der Waals surface area contributed by atoms with Gasteiger partial charge in [-0.3, -0.25) is 0 Å². The Hall–Kier alpha value is -2.37. The summed E-state index contributed by atoms with van der Waals surface area (Å²) in [7, 11) is 3.15. The highest BCUT2D eigenvalue weighted by Crippen LogP contribution is 2.35. The number of methoxy groups -OCH3 is 2. The van der Waals surface area contributed by atoms with E-state index >= 15 is 0 Å². The third kappa shape index (κ3) is 5.25. The van der Waals surface area contributed by atoms with Crippen LogP contribution in [0.4, 0.5) is 5.69 Å². The normalized spacial score (nSPS) is 10.5. The third-order valence-electron chi connectivity index (χ3n) is 2.44. The van der Waals surface area contributed by atoms with E-state index in [4.69, 9.17) is 30.1 Å². The highest BCUT2D eigenvalue weighted by molar-refractivity contribution is 5.61. The molecule has 0 aliphatic carbocycles. The summed E-state index contributed by atoms with van der Waals surface area (Å²) in [5.41, 5.74) is 0.599. The lowest BCUT2D eigenvalue weighted by Crippen LogP contribution is -2.08. The molecule has 0 aliphatic rings. The van der Waals surface area contributed by atoms with Crippen molar-refractivity contribution in [2.24, 2.45) is 16.2 Å². The molecule has 0 aromatic heterocycles. The van der Waals surface area contributed by atoms with E-state index in [1.807, 2.05) is 6.07 Å². The van der Waals surface area contributed by atoms with Gasteiger partial charge >= 0.3 is 0 Å². The van der Waals surface area contributed by atoms with Crippen LogP contribution >= 0.6 is 0 Å². The van der Waals surface area contributed by atoms with Crippen molar-refractivity contribution in [2.45, 2.75) is 0 Å². The van der Waals surface area contributed by atoms with E-state index in [0.29, 0.717) is 43.6 Å². The number of ether oxygens (including phenoxy) is 4. The van der Waals surface area contributed by atoms with Crippen molar-refractivity contribution in [3.05, 3.63) is 17.7 Å². The summed E-state index contributed by atoms with van der Waals surface area (Å²) in [6.07, 6.45) is 0. The Morgan fingerprint density at radius 3 is 2.10 bits per heavy atom. The predicted octanol–water partition coefficient (Wildman–Crippen LogP) is 1.57. The molecule has 0 fully saturated rings. The van der Waals surface area contributed by atoms with Gasteiger partial charge in [0.05, 0.1) is 18.8 Å². The van der Waals surface area contributed by atoms with Crippen LogP contribution in [0.25, 0.3) is 0 Å². The van der Waals surface area contributed by atoms with Gasteiger partial charge in [0.2, 0.25) is 0 Å². The van der Waals surface area contributed by atoms with Gasteiger partial charge in [-0.25, -0.2) is 0 Å². The number of hydrogen-bond donors (Lipinski definition) is 1. The van der Waals surface area contributed by atoms with Crippen LogP contribution in [0.2, 0.25) is 0 Å². The summed E-state index contributed by atoms with van der Waals surface area (Å²) in [5.74, 6) is 5.89. The maximum absolute atomic E-state index is 9.11. The van der Waals surface area contributed by atoms with Crippen LogP contribution in [0.1, 0.15) is 5.56 Å². The molecule has 8 heteroatoms. The van der Waals surface area contributed by atoms with E-state index in [0.717, 1.165) is 0 Å². The molecule has 2 N–H and O–H groups in total. The van der Waals surface area contributed by atoms with E-state index in [9.17, 15) is 0 Å². The summed E-state index contributed by atoms with van der Waals surface area (Å²) in [6, 6.07) is 5.08. The SMILES string of the molecule is COCCOc1cc(C#N)c(N=NN)cc1OCCOC. The number of rotatable bonds is 9. The lowest BCUT2D eigenvalue weighted by Gasteiger charge is -2.13. The lowest BCUT2D eigenvalue weighted by atomic mass is 10.1. The maximum atomic E-state index is 9.11. The molecule has 1 rings (SSSR count). The first-order valence-electron chi connectivity index (χ1n) is 6.19. The van der Waals surface area contributed by atoms with Crippen molar-refractivity contribution < 1.29 is 18.9 Å². The van der Waals surface area contributed by atoms with Gasteiger partial charge in [0.25, 0.3) is 0 Å². The molecule has 21 heavy (non-hydrogen) atoms. The number of nitriles is 1. The second kappa shape index (κ2) is 9.52. The van der Waals surface area contributed by atoms with E-state index in [2.05, 4.69) is 10.3 Å². The standard InChI is InChI=1S/C13H18N4O4/c1-18-3-5-20-12-7-10(9-14)11(16-17-15)8-13(12)21-6-4-19-2/h7-8H,3-6H2,1-2H3,(H2,15,16). The highest BCUT2D eigenvalue weighted by Gasteiger charge is 2.12. The topological polar surface area (TPSA) is 111 Å². The predicted molar refractivity (Wildman–Crippen MR) is 74.6 cm³/mol. The Morgan fingerprint density at radius 2 is 1.62 bits per heavy atom. The van der Waals surface area contributed by atoms with Gasteiger partial charge in [0.15, 0.2) is 11.5 Å². The summed E-state index contributed by atoms with van der Waals surface area (Å²) < 4.78 is 20.9. The van der Waals surface area contributed by atoms with Gasteiger partial charge in [-0.15, -0.1) is 5.11 Å². The smallest absolute Gasteiger partial charge is 0.163 e. The first-order chi connectivity index (χ1) is 10.3. The van der Waals surface area contributed by atoms with Crippen molar-refractivity contribution in [3.63, 3.8) is 0 Å². The molecule has 0 atom stereocenters. The van der Waals surface area contributed by atoms with Crippen molar-refractivity contribution in [1.29, 1.82) is 5.26 Å². The van der Waals surface area contributed by atoms with Crippen LogP contribution in [-0.4, -0.2) is 40.6 Å². The van der Waals surface area contributed by atoms with Crippen LogP contribution in [0.15, 0.2) is 22.5 Å². The van der Waals surface area contributed by atoms with Crippen LogP contribution in [-0.2, 0) is 9.47 Å². The van der Waals surface area contributed by atoms with Gasteiger partial charge in [0, 0.05) is 26.4 Å². The van der Waals surface area contributed by atoms with Gasteiger partial charge in [-0.2, -0.15) is 5.26 Å². The molecule has 1 aromatic rings. The molecule has 0 radical (unpaired) electrons. The molecule has 8 nitrogen and oxygen atoms in total. The molecule has 114 valence electrons. The Bertz CT molecular complexity index is 514. The Balaban J connectivity index is 3.02. The molecule has 0 heterocycles. The quantitative estimate of drug-likeness (QED) is 0.320. The van der Waals surface area contributed by atoms with Crippen molar-refractivity contribution in [1.82, 2.24) is 0 Å². The molecule has 0 unspecified atom stereocenters. The Morgan fingerprint density at radius 1 is 1.05 bits per heavy atom. The van der Waals surface area contributed by atoms with Gasteiger partial charge in [-0.1, -0.05) is 5.22 Å². The van der Waals surface area contributed by atoms with Crippen LogP contribution < -0.4 is 15.3 Å². The van der Waals surface area contributed by atoms with Crippen LogP contribution in [0.5, 0.6) is 11.5 Å². The third-order valence-corrected chi connectivity index (χ3v) is 2.44. The second-order valence-corrected chi connectivity index (χ2v) is 3.83. The van der Waals surface area contributed by atoms with E-state index in [-0.39, 0.29) is 5.56 Å². The molecular formula is C13H18N4O4.